The smallest absolute Gasteiger partial charge is 0.225 e. The van der Waals surface area contributed by atoms with Crippen molar-refractivity contribution >= 4 is 12.0 Å². The van der Waals surface area contributed by atoms with Crippen LogP contribution in [0.5, 0.6) is 0 Å². The van der Waals surface area contributed by atoms with Gasteiger partial charge in [-0.3, -0.25) is 4.79 Å². The number of hydrogen-bond donors (Lipinski definition) is 0. The highest BCUT2D eigenvalue weighted by molar-refractivity contribution is 5.81. The molecule has 0 N–H and O–H groups in total. The third-order valence-electron chi connectivity index (χ3n) is 3.17. The van der Waals surface area contributed by atoms with Crippen LogP contribution in [-0.2, 0) is 4.79 Å². The van der Waals surface area contributed by atoms with E-state index in [4.69, 9.17) is 0 Å². The van der Waals surface area contributed by atoms with E-state index in [1.807, 2.05) is 23.1 Å². The van der Waals surface area contributed by atoms with Crippen LogP contribution < -0.4 is 0 Å². The molecule has 0 saturated heterocycles. The molecule has 1 amide bonds. The molecule has 0 unspecified atom stereocenters. The second-order valence-electron chi connectivity index (χ2n) is 4.87. The van der Waals surface area contributed by atoms with Gasteiger partial charge in [-0.1, -0.05) is 49.4 Å². The Hall–Kier alpha value is -1.57. The molecule has 0 atom stereocenters. The number of carbonyl (C=O) groups excluding carboxylic acids is 1. The molecule has 1 aromatic carbocycles. The SMILES string of the molecule is CCCN(CC=Cc1ccccc1)C(=O)C1CC1. The van der Waals surface area contributed by atoms with E-state index >= 15 is 0 Å². The number of benzene rings is 1. The lowest BCUT2D eigenvalue weighted by molar-refractivity contribution is -0.132. The standard InChI is InChI=1S/C16H21NO/c1-2-12-17(16(18)15-10-11-15)13-6-9-14-7-4-3-5-8-14/h3-9,15H,2,10-13H2,1H3. The van der Waals surface area contributed by atoms with Gasteiger partial charge < -0.3 is 4.90 Å². The molecule has 1 saturated carbocycles. The minimum Gasteiger partial charge on any atom is -0.339 e. The Morgan fingerprint density at radius 3 is 2.67 bits per heavy atom. The number of hydrogen-bond acceptors (Lipinski definition) is 1. The maximum atomic E-state index is 12.0. The molecular formula is C16H21NO. The predicted molar refractivity (Wildman–Crippen MR) is 75.1 cm³/mol. The second kappa shape index (κ2) is 6.39. The highest BCUT2D eigenvalue weighted by atomic mass is 16.2. The third kappa shape index (κ3) is 3.73. The minimum atomic E-state index is 0.321. The first-order valence-electron chi connectivity index (χ1n) is 6.81. The van der Waals surface area contributed by atoms with Crippen LogP contribution in [0.4, 0.5) is 0 Å². The normalized spacial score (nSPS) is 14.9. The summed E-state index contributed by atoms with van der Waals surface area (Å²) in [5.41, 5.74) is 1.19. The molecule has 0 radical (unpaired) electrons. The van der Waals surface area contributed by atoms with Gasteiger partial charge >= 0.3 is 0 Å². The molecule has 0 bridgehead atoms. The Kier molecular flexibility index (Phi) is 4.57. The van der Waals surface area contributed by atoms with Gasteiger partial charge in [0, 0.05) is 19.0 Å². The van der Waals surface area contributed by atoms with Gasteiger partial charge in [-0.25, -0.2) is 0 Å². The monoisotopic (exact) mass is 243 g/mol. The molecule has 0 aromatic heterocycles. The van der Waals surface area contributed by atoms with E-state index in [0.29, 0.717) is 11.8 Å². The van der Waals surface area contributed by atoms with Crippen LogP contribution in [0.3, 0.4) is 0 Å². The fraction of sp³-hybridized carbons (Fsp3) is 0.438. The summed E-state index contributed by atoms with van der Waals surface area (Å²) < 4.78 is 0. The van der Waals surface area contributed by atoms with Crippen LogP contribution in [0.1, 0.15) is 31.7 Å². The Labute approximate surface area is 109 Å². The fourth-order valence-corrected chi connectivity index (χ4v) is 2.03. The molecule has 18 heavy (non-hydrogen) atoms. The maximum absolute atomic E-state index is 12.0. The second-order valence-corrected chi connectivity index (χ2v) is 4.87. The lowest BCUT2D eigenvalue weighted by Gasteiger charge is -2.20. The molecule has 96 valence electrons. The van der Waals surface area contributed by atoms with Gasteiger partial charge in [0.2, 0.25) is 5.91 Å². The van der Waals surface area contributed by atoms with Crippen LogP contribution >= 0.6 is 0 Å². The summed E-state index contributed by atoms with van der Waals surface area (Å²) in [6.07, 6.45) is 7.37. The van der Waals surface area contributed by atoms with Crippen LogP contribution in [0.15, 0.2) is 36.4 Å². The molecule has 0 aliphatic heterocycles. The topological polar surface area (TPSA) is 20.3 Å². The van der Waals surface area contributed by atoms with E-state index in [-0.39, 0.29) is 0 Å². The molecular weight excluding hydrogens is 222 g/mol. The van der Waals surface area contributed by atoms with Crippen molar-refractivity contribution in [1.82, 2.24) is 4.90 Å². The van der Waals surface area contributed by atoms with Crippen molar-refractivity contribution < 1.29 is 4.79 Å². The van der Waals surface area contributed by atoms with E-state index in [2.05, 4.69) is 31.2 Å². The van der Waals surface area contributed by atoms with Gasteiger partial charge in [0.05, 0.1) is 0 Å². The first-order valence-corrected chi connectivity index (χ1v) is 6.81. The molecule has 1 fully saturated rings. The van der Waals surface area contributed by atoms with Crippen molar-refractivity contribution in [3.05, 3.63) is 42.0 Å². The van der Waals surface area contributed by atoms with Crippen molar-refractivity contribution in [3.8, 4) is 0 Å². The Balaban J connectivity index is 1.88. The van der Waals surface area contributed by atoms with Crippen molar-refractivity contribution in [3.63, 3.8) is 0 Å². The Morgan fingerprint density at radius 2 is 2.06 bits per heavy atom. The van der Waals surface area contributed by atoms with Crippen LogP contribution in [0.25, 0.3) is 6.08 Å². The average Bonchev–Trinajstić information content (AvgIpc) is 3.22. The summed E-state index contributed by atoms with van der Waals surface area (Å²) in [5.74, 6) is 0.663. The van der Waals surface area contributed by atoms with Gasteiger partial charge in [0.1, 0.15) is 0 Å². The van der Waals surface area contributed by atoms with Crippen molar-refractivity contribution in [2.24, 2.45) is 5.92 Å². The number of nitrogens with zero attached hydrogens (tertiary/aromatic N) is 1. The highest BCUT2D eigenvalue weighted by Gasteiger charge is 2.32. The van der Waals surface area contributed by atoms with Crippen molar-refractivity contribution in [1.29, 1.82) is 0 Å². The lowest BCUT2D eigenvalue weighted by atomic mass is 10.2. The quantitative estimate of drug-likeness (QED) is 0.750. The van der Waals surface area contributed by atoms with E-state index in [9.17, 15) is 4.79 Å². The van der Waals surface area contributed by atoms with Gasteiger partial charge in [-0.05, 0) is 24.8 Å². The summed E-state index contributed by atoms with van der Waals surface area (Å²) in [4.78, 5) is 14.0. The van der Waals surface area contributed by atoms with Gasteiger partial charge in [-0.15, -0.1) is 0 Å². The third-order valence-corrected chi connectivity index (χ3v) is 3.17. The predicted octanol–water partition coefficient (Wildman–Crippen LogP) is 3.35. The van der Waals surface area contributed by atoms with Crippen molar-refractivity contribution in [2.45, 2.75) is 26.2 Å². The zero-order valence-corrected chi connectivity index (χ0v) is 11.0. The van der Waals surface area contributed by atoms with Crippen LogP contribution in [0, 0.1) is 5.92 Å². The van der Waals surface area contributed by atoms with Crippen LogP contribution in [-0.4, -0.2) is 23.9 Å². The Bertz CT molecular complexity index is 406. The average molecular weight is 243 g/mol. The summed E-state index contributed by atoms with van der Waals surface area (Å²) in [6, 6.07) is 10.2. The van der Waals surface area contributed by atoms with Gasteiger partial charge in [0.15, 0.2) is 0 Å². The van der Waals surface area contributed by atoms with E-state index in [1.54, 1.807) is 0 Å². The lowest BCUT2D eigenvalue weighted by Crippen LogP contribution is -2.33. The summed E-state index contributed by atoms with van der Waals surface area (Å²) in [6.45, 7) is 3.72. The summed E-state index contributed by atoms with van der Waals surface area (Å²) in [5, 5.41) is 0. The van der Waals surface area contributed by atoms with Crippen molar-refractivity contribution in [2.75, 3.05) is 13.1 Å². The molecule has 2 rings (SSSR count). The fourth-order valence-electron chi connectivity index (χ4n) is 2.03. The van der Waals surface area contributed by atoms with E-state index < -0.39 is 0 Å². The first-order chi connectivity index (χ1) is 8.81. The van der Waals surface area contributed by atoms with E-state index in [0.717, 1.165) is 32.4 Å². The molecule has 2 heteroatoms. The molecule has 1 aliphatic rings. The highest BCUT2D eigenvalue weighted by Crippen LogP contribution is 2.31. The zero-order valence-electron chi connectivity index (χ0n) is 11.0. The van der Waals surface area contributed by atoms with Crippen LogP contribution in [0.2, 0.25) is 0 Å². The van der Waals surface area contributed by atoms with Gasteiger partial charge in [-0.2, -0.15) is 0 Å². The summed E-state index contributed by atoms with van der Waals surface area (Å²) in [7, 11) is 0. The molecule has 2 nitrogen and oxygen atoms in total. The minimum absolute atomic E-state index is 0.321. The molecule has 1 aromatic rings. The number of rotatable bonds is 6. The summed E-state index contributed by atoms with van der Waals surface area (Å²) >= 11 is 0. The first kappa shape index (κ1) is 12.9. The number of amides is 1. The van der Waals surface area contributed by atoms with Gasteiger partial charge in [0.25, 0.3) is 0 Å². The maximum Gasteiger partial charge on any atom is 0.225 e. The molecule has 0 heterocycles. The van der Waals surface area contributed by atoms with E-state index in [1.165, 1.54) is 5.56 Å². The molecule has 0 spiro atoms. The molecule has 1 aliphatic carbocycles. The largest absolute Gasteiger partial charge is 0.339 e. The Morgan fingerprint density at radius 1 is 1.33 bits per heavy atom. The number of carbonyl (C=O) groups is 1. The zero-order chi connectivity index (χ0) is 12.8.